The van der Waals surface area contributed by atoms with Gasteiger partial charge in [-0.25, -0.2) is 0 Å². The number of rotatable bonds is 6. The maximum absolute atomic E-state index is 2.48. The van der Waals surface area contributed by atoms with E-state index in [0.29, 0.717) is 0 Å². The molecule has 0 radical (unpaired) electrons. The quantitative estimate of drug-likeness (QED) is 0.169. The number of thiophene rings is 1. The second kappa shape index (κ2) is 12.7. The molecular formula is C50H33NS. The van der Waals surface area contributed by atoms with E-state index in [1.807, 2.05) is 11.3 Å². The molecule has 244 valence electrons. The topological polar surface area (TPSA) is 3.24 Å². The summed E-state index contributed by atoms with van der Waals surface area (Å²) >= 11 is 1.86. The maximum Gasteiger partial charge on any atom is 0.0546 e. The van der Waals surface area contributed by atoms with Gasteiger partial charge in [-0.1, -0.05) is 158 Å². The molecule has 0 unspecified atom stereocenters. The number of nitrogens with zero attached hydrogens (tertiary/aromatic N) is 1. The van der Waals surface area contributed by atoms with Crippen LogP contribution in [0.5, 0.6) is 0 Å². The van der Waals surface area contributed by atoms with E-state index in [-0.39, 0.29) is 0 Å². The predicted octanol–water partition coefficient (Wildman–Crippen LogP) is 14.8. The maximum atomic E-state index is 2.48. The second-order valence-corrected chi connectivity index (χ2v) is 14.4. The van der Waals surface area contributed by atoms with Crippen LogP contribution in [0.2, 0.25) is 0 Å². The fourth-order valence-corrected chi connectivity index (χ4v) is 8.79. The summed E-state index contributed by atoms with van der Waals surface area (Å²) in [5, 5.41) is 7.54. The van der Waals surface area contributed by atoms with Crippen LogP contribution >= 0.6 is 11.3 Å². The molecule has 0 aliphatic heterocycles. The Morgan fingerprint density at radius 3 is 1.73 bits per heavy atom. The molecule has 9 aromatic carbocycles. The molecule has 0 fully saturated rings. The molecule has 0 aliphatic rings. The Morgan fingerprint density at radius 1 is 0.308 bits per heavy atom. The number of hydrogen-bond donors (Lipinski definition) is 0. The van der Waals surface area contributed by atoms with Gasteiger partial charge in [0.2, 0.25) is 0 Å². The summed E-state index contributed by atoms with van der Waals surface area (Å²) in [6.07, 6.45) is 0. The van der Waals surface area contributed by atoms with Crippen LogP contribution in [0.4, 0.5) is 17.1 Å². The first-order chi connectivity index (χ1) is 25.8. The lowest BCUT2D eigenvalue weighted by atomic mass is 9.94. The molecule has 52 heavy (non-hydrogen) atoms. The van der Waals surface area contributed by atoms with Gasteiger partial charge in [0.15, 0.2) is 0 Å². The van der Waals surface area contributed by atoms with Crippen LogP contribution in [-0.2, 0) is 0 Å². The first kappa shape index (κ1) is 30.4. The van der Waals surface area contributed by atoms with E-state index in [1.54, 1.807) is 0 Å². The Hall–Kier alpha value is -6.48. The van der Waals surface area contributed by atoms with Gasteiger partial charge < -0.3 is 4.90 Å². The zero-order valence-electron chi connectivity index (χ0n) is 28.4. The van der Waals surface area contributed by atoms with Crippen molar-refractivity contribution in [3.63, 3.8) is 0 Å². The minimum atomic E-state index is 1.13. The average molecular weight is 680 g/mol. The van der Waals surface area contributed by atoms with E-state index in [2.05, 4.69) is 205 Å². The van der Waals surface area contributed by atoms with Gasteiger partial charge in [-0.3, -0.25) is 0 Å². The number of hydrogen-bond acceptors (Lipinski definition) is 2. The van der Waals surface area contributed by atoms with Gasteiger partial charge >= 0.3 is 0 Å². The molecule has 10 rings (SSSR count). The van der Waals surface area contributed by atoms with Crippen LogP contribution in [0.25, 0.3) is 75.1 Å². The molecule has 2 heteroatoms. The van der Waals surface area contributed by atoms with Crippen LogP contribution in [-0.4, -0.2) is 0 Å². The van der Waals surface area contributed by atoms with Gasteiger partial charge in [0, 0.05) is 37.0 Å². The summed E-state index contributed by atoms with van der Waals surface area (Å²) in [5.74, 6) is 0. The second-order valence-electron chi connectivity index (χ2n) is 13.4. The Morgan fingerprint density at radius 2 is 0.904 bits per heavy atom. The van der Waals surface area contributed by atoms with E-state index in [0.717, 1.165) is 17.1 Å². The first-order valence-electron chi connectivity index (χ1n) is 17.8. The van der Waals surface area contributed by atoms with Crippen molar-refractivity contribution in [3.8, 4) is 33.4 Å². The van der Waals surface area contributed by atoms with Gasteiger partial charge in [0.05, 0.1) is 11.4 Å². The summed E-state index contributed by atoms with van der Waals surface area (Å²) < 4.78 is 2.59. The van der Waals surface area contributed by atoms with Gasteiger partial charge in [0.25, 0.3) is 0 Å². The van der Waals surface area contributed by atoms with Crippen molar-refractivity contribution in [2.75, 3.05) is 4.90 Å². The largest absolute Gasteiger partial charge is 0.309 e. The summed E-state index contributed by atoms with van der Waals surface area (Å²) in [4.78, 5) is 2.48. The molecule has 0 N–H and O–H groups in total. The zero-order chi connectivity index (χ0) is 34.4. The van der Waals surface area contributed by atoms with Gasteiger partial charge in [-0.15, -0.1) is 11.3 Å². The van der Waals surface area contributed by atoms with Crippen LogP contribution in [0.1, 0.15) is 0 Å². The molecule has 0 bridgehead atoms. The highest BCUT2D eigenvalue weighted by Gasteiger charge is 2.22. The Balaban J connectivity index is 1.20. The average Bonchev–Trinajstić information content (AvgIpc) is 3.59. The fraction of sp³-hybridized carbons (Fsp3) is 0. The number of fused-ring (bicyclic) bond motifs is 5. The van der Waals surface area contributed by atoms with Crippen molar-refractivity contribution < 1.29 is 0 Å². The Labute approximate surface area is 307 Å². The lowest BCUT2D eigenvalue weighted by molar-refractivity contribution is 1.29. The third-order valence-corrected chi connectivity index (χ3v) is 11.4. The van der Waals surface area contributed by atoms with Crippen LogP contribution < -0.4 is 4.90 Å². The van der Waals surface area contributed by atoms with Crippen molar-refractivity contribution in [3.05, 3.63) is 200 Å². The molecule has 1 aromatic heterocycles. The van der Waals surface area contributed by atoms with Crippen molar-refractivity contribution in [2.45, 2.75) is 0 Å². The zero-order valence-corrected chi connectivity index (χ0v) is 29.2. The number of anilines is 3. The van der Waals surface area contributed by atoms with Crippen molar-refractivity contribution >= 4 is 70.1 Å². The van der Waals surface area contributed by atoms with E-state index in [9.17, 15) is 0 Å². The Kier molecular flexibility index (Phi) is 7.41. The monoisotopic (exact) mass is 679 g/mol. The minimum absolute atomic E-state index is 1.13. The highest BCUT2D eigenvalue weighted by atomic mass is 32.1. The van der Waals surface area contributed by atoms with E-state index in [1.165, 1.54) is 75.1 Å². The third kappa shape index (κ3) is 5.33. The third-order valence-electron chi connectivity index (χ3n) is 10.2. The molecule has 0 amide bonds. The SMILES string of the molecule is c1ccc(-c2ccccc2N(c2ccc3c(c2)sc2ccccc23)c2cc3ccccc3cc2-c2ccc(-c3ccc4ccccc4c3)cc2)cc1. The van der Waals surface area contributed by atoms with Crippen molar-refractivity contribution in [1.29, 1.82) is 0 Å². The molecular weight excluding hydrogens is 647 g/mol. The molecule has 0 aliphatic carbocycles. The molecule has 0 spiro atoms. The van der Waals surface area contributed by atoms with Gasteiger partial charge in [0.1, 0.15) is 0 Å². The van der Waals surface area contributed by atoms with E-state index in [4.69, 9.17) is 0 Å². The van der Waals surface area contributed by atoms with Gasteiger partial charge in [-0.05, 0) is 86.3 Å². The van der Waals surface area contributed by atoms with E-state index >= 15 is 0 Å². The molecule has 1 nitrogen and oxygen atoms in total. The van der Waals surface area contributed by atoms with Crippen molar-refractivity contribution in [2.24, 2.45) is 0 Å². The summed E-state index contributed by atoms with van der Waals surface area (Å²) in [5.41, 5.74) is 10.6. The highest BCUT2D eigenvalue weighted by molar-refractivity contribution is 7.25. The Bertz CT molecular complexity index is 2900. The number of para-hydroxylation sites is 1. The van der Waals surface area contributed by atoms with Crippen LogP contribution in [0.15, 0.2) is 200 Å². The first-order valence-corrected chi connectivity index (χ1v) is 18.6. The normalized spacial score (nSPS) is 11.5. The molecule has 0 saturated heterocycles. The van der Waals surface area contributed by atoms with Crippen LogP contribution in [0, 0.1) is 0 Å². The molecule has 1 heterocycles. The summed E-state index contributed by atoms with van der Waals surface area (Å²) in [6, 6.07) is 73.1. The highest BCUT2D eigenvalue weighted by Crippen LogP contribution is 2.47. The minimum Gasteiger partial charge on any atom is -0.309 e. The van der Waals surface area contributed by atoms with E-state index < -0.39 is 0 Å². The smallest absolute Gasteiger partial charge is 0.0546 e. The lowest BCUT2D eigenvalue weighted by Crippen LogP contribution is -2.12. The summed E-state index contributed by atoms with van der Waals surface area (Å²) in [6.45, 7) is 0. The lowest BCUT2D eigenvalue weighted by Gasteiger charge is -2.30. The standard InChI is InChI=1S/C50H33NS/c1-2-13-36(14-3-1)43-18-8-10-20-47(43)51(42-28-29-45-44-19-9-11-21-49(44)52-50(45)33-42)48-32-40-17-7-6-16-39(40)31-46(48)37-25-22-35(23-26-37)41-27-24-34-12-4-5-15-38(34)30-41/h1-33H. The summed E-state index contributed by atoms with van der Waals surface area (Å²) in [7, 11) is 0. The molecule has 0 atom stereocenters. The van der Waals surface area contributed by atoms with Crippen molar-refractivity contribution in [1.82, 2.24) is 0 Å². The molecule has 0 saturated carbocycles. The van der Waals surface area contributed by atoms with Gasteiger partial charge in [-0.2, -0.15) is 0 Å². The number of benzene rings is 9. The fourth-order valence-electron chi connectivity index (χ4n) is 7.65. The molecule has 10 aromatic rings. The predicted molar refractivity (Wildman–Crippen MR) is 225 cm³/mol. The van der Waals surface area contributed by atoms with Crippen LogP contribution in [0.3, 0.4) is 0 Å².